The number of carboxylic acid groups (broad SMARTS) is 1. The van der Waals surface area contributed by atoms with Gasteiger partial charge in [-0.05, 0) is 18.6 Å². The van der Waals surface area contributed by atoms with Gasteiger partial charge in [0.25, 0.3) is 0 Å². The van der Waals surface area contributed by atoms with Gasteiger partial charge in [-0.2, -0.15) is 0 Å². The molecule has 2 heterocycles. The van der Waals surface area contributed by atoms with Crippen LogP contribution in [0.5, 0.6) is 11.5 Å². The average Bonchev–Trinajstić information content (AvgIpc) is 3.29. The maximum Gasteiger partial charge on any atom is 0.355 e. The van der Waals surface area contributed by atoms with E-state index in [0.29, 0.717) is 46.2 Å². The van der Waals surface area contributed by atoms with Crippen LogP contribution in [0.15, 0.2) is 27.9 Å². The van der Waals surface area contributed by atoms with E-state index >= 15 is 0 Å². The largest absolute Gasteiger partial charge is 0.497 e. The van der Waals surface area contributed by atoms with E-state index in [9.17, 15) is 9.59 Å². The van der Waals surface area contributed by atoms with Crippen LogP contribution in [0.4, 0.5) is 0 Å². The van der Waals surface area contributed by atoms with Crippen molar-refractivity contribution >= 4 is 46.6 Å². The van der Waals surface area contributed by atoms with Crippen molar-refractivity contribution in [3.8, 4) is 11.5 Å². The highest BCUT2D eigenvalue weighted by atomic mass is 35.5. The first-order valence-electron chi connectivity index (χ1n) is 8.55. The fourth-order valence-corrected chi connectivity index (χ4v) is 4.82. The summed E-state index contributed by atoms with van der Waals surface area (Å²) in [5.74, 6) is 0.870. The van der Waals surface area contributed by atoms with Crippen molar-refractivity contribution in [2.24, 2.45) is 0 Å². The summed E-state index contributed by atoms with van der Waals surface area (Å²) in [6, 6.07) is 5.17. The Morgan fingerprint density at radius 3 is 3.04 bits per heavy atom. The standard InChI is InChI=1S/C18H19ClN2O5S2/c1-25-12-3-4-13(19)15(8-12)26-9-11-2-5-16(22)21(11)6-7-27-18-20-14(10-28-18)17(23)24/h3-4,8,10-11H,2,5-7,9H2,1H3,(H,23,24)/t11-/m1/s1. The van der Waals surface area contributed by atoms with Gasteiger partial charge in [0.2, 0.25) is 5.91 Å². The molecular weight excluding hydrogens is 424 g/mol. The van der Waals surface area contributed by atoms with Crippen LogP contribution in [-0.4, -0.2) is 58.9 Å². The minimum absolute atomic E-state index is 0.0266. The summed E-state index contributed by atoms with van der Waals surface area (Å²) >= 11 is 8.90. The number of ether oxygens (including phenoxy) is 2. The summed E-state index contributed by atoms with van der Waals surface area (Å²) in [6.07, 6.45) is 1.22. The lowest BCUT2D eigenvalue weighted by molar-refractivity contribution is -0.129. The fraction of sp³-hybridized carbons (Fsp3) is 0.389. The van der Waals surface area contributed by atoms with Crippen molar-refractivity contribution in [1.29, 1.82) is 0 Å². The summed E-state index contributed by atoms with van der Waals surface area (Å²) in [5, 5.41) is 10.9. The van der Waals surface area contributed by atoms with Gasteiger partial charge >= 0.3 is 5.97 Å². The molecule has 2 aromatic rings. The van der Waals surface area contributed by atoms with Crippen LogP contribution < -0.4 is 9.47 Å². The number of hydrogen-bond donors (Lipinski definition) is 1. The van der Waals surface area contributed by atoms with E-state index in [4.69, 9.17) is 26.2 Å². The summed E-state index contributed by atoms with van der Waals surface area (Å²) in [6.45, 7) is 0.898. The summed E-state index contributed by atoms with van der Waals surface area (Å²) in [4.78, 5) is 29.0. The van der Waals surface area contributed by atoms with Crippen molar-refractivity contribution < 1.29 is 24.2 Å². The molecule has 1 amide bonds. The van der Waals surface area contributed by atoms with Gasteiger partial charge < -0.3 is 19.5 Å². The van der Waals surface area contributed by atoms with E-state index in [-0.39, 0.29) is 17.6 Å². The number of carboxylic acids is 1. The molecule has 3 rings (SSSR count). The van der Waals surface area contributed by atoms with Gasteiger partial charge in [0.05, 0.1) is 18.2 Å². The molecular formula is C18H19ClN2O5S2. The Labute approximate surface area is 175 Å². The zero-order valence-electron chi connectivity index (χ0n) is 15.1. The minimum atomic E-state index is -1.04. The third kappa shape index (κ3) is 5.09. The number of aromatic nitrogens is 1. The molecule has 150 valence electrons. The number of hydrogen-bond acceptors (Lipinski definition) is 7. The Morgan fingerprint density at radius 2 is 2.32 bits per heavy atom. The quantitative estimate of drug-likeness (QED) is 0.592. The molecule has 0 spiro atoms. The van der Waals surface area contributed by atoms with Crippen LogP contribution in [0.1, 0.15) is 23.3 Å². The Hall–Kier alpha value is -1.97. The minimum Gasteiger partial charge on any atom is -0.497 e. The highest BCUT2D eigenvalue weighted by Gasteiger charge is 2.31. The van der Waals surface area contributed by atoms with E-state index in [2.05, 4.69) is 4.98 Å². The molecule has 0 aliphatic carbocycles. The molecule has 1 saturated heterocycles. The number of aromatic carboxylic acids is 1. The molecule has 0 saturated carbocycles. The second-order valence-corrected chi connectivity index (χ2v) is 8.65. The van der Waals surface area contributed by atoms with Crippen LogP contribution in [0.2, 0.25) is 5.02 Å². The molecule has 1 aromatic carbocycles. The molecule has 1 atom stereocenters. The number of likely N-dealkylation sites (tertiary alicyclic amines) is 1. The second kappa shape index (κ2) is 9.49. The average molecular weight is 443 g/mol. The van der Waals surface area contributed by atoms with Crippen molar-refractivity contribution in [2.75, 3.05) is 26.0 Å². The van der Waals surface area contributed by atoms with Crippen molar-refractivity contribution in [3.63, 3.8) is 0 Å². The number of benzene rings is 1. The monoisotopic (exact) mass is 442 g/mol. The summed E-state index contributed by atoms with van der Waals surface area (Å²) in [7, 11) is 1.57. The molecule has 1 aliphatic heterocycles. The fourth-order valence-electron chi connectivity index (χ4n) is 2.83. The van der Waals surface area contributed by atoms with Crippen molar-refractivity contribution in [2.45, 2.75) is 23.2 Å². The van der Waals surface area contributed by atoms with E-state index in [0.717, 1.165) is 6.42 Å². The smallest absolute Gasteiger partial charge is 0.355 e. The van der Waals surface area contributed by atoms with Gasteiger partial charge in [-0.3, -0.25) is 4.79 Å². The van der Waals surface area contributed by atoms with E-state index in [1.807, 2.05) is 4.90 Å². The highest BCUT2D eigenvalue weighted by molar-refractivity contribution is 8.01. The molecule has 1 aromatic heterocycles. The van der Waals surface area contributed by atoms with Gasteiger partial charge in [-0.15, -0.1) is 11.3 Å². The number of rotatable bonds is 9. The number of thioether (sulfide) groups is 1. The van der Waals surface area contributed by atoms with Gasteiger partial charge in [0.1, 0.15) is 18.1 Å². The topological polar surface area (TPSA) is 89.0 Å². The van der Waals surface area contributed by atoms with E-state index in [1.54, 1.807) is 25.3 Å². The first-order valence-corrected chi connectivity index (χ1v) is 10.8. The number of amides is 1. The lowest BCUT2D eigenvalue weighted by Gasteiger charge is -2.25. The van der Waals surface area contributed by atoms with Crippen LogP contribution >= 0.6 is 34.7 Å². The molecule has 28 heavy (non-hydrogen) atoms. The summed E-state index contributed by atoms with van der Waals surface area (Å²) < 4.78 is 11.7. The molecule has 1 aliphatic rings. The number of carbonyl (C=O) groups is 2. The number of carbonyl (C=O) groups excluding carboxylic acids is 1. The maximum atomic E-state index is 12.2. The third-order valence-electron chi connectivity index (χ3n) is 4.28. The van der Waals surface area contributed by atoms with Crippen LogP contribution in [-0.2, 0) is 4.79 Å². The van der Waals surface area contributed by atoms with E-state index < -0.39 is 5.97 Å². The molecule has 0 bridgehead atoms. The predicted molar refractivity (Wildman–Crippen MR) is 108 cm³/mol. The Morgan fingerprint density at radius 1 is 1.50 bits per heavy atom. The lowest BCUT2D eigenvalue weighted by Crippen LogP contribution is -2.38. The van der Waals surface area contributed by atoms with E-state index in [1.165, 1.54) is 28.5 Å². The predicted octanol–water partition coefficient (Wildman–Crippen LogP) is 3.67. The Bertz CT molecular complexity index is 860. The van der Waals surface area contributed by atoms with Gasteiger partial charge in [-0.1, -0.05) is 23.4 Å². The van der Waals surface area contributed by atoms with Gasteiger partial charge in [-0.25, -0.2) is 9.78 Å². The molecule has 0 unspecified atom stereocenters. The van der Waals surface area contributed by atoms with Gasteiger partial charge in [0, 0.05) is 30.2 Å². The molecule has 7 nitrogen and oxygen atoms in total. The van der Waals surface area contributed by atoms with Gasteiger partial charge in [0.15, 0.2) is 10.0 Å². The second-order valence-electron chi connectivity index (χ2n) is 6.04. The third-order valence-corrected chi connectivity index (χ3v) is 6.60. The summed E-state index contributed by atoms with van der Waals surface area (Å²) in [5.41, 5.74) is 0.0474. The van der Waals surface area contributed by atoms with Crippen molar-refractivity contribution in [1.82, 2.24) is 9.88 Å². The molecule has 1 N–H and O–H groups in total. The number of nitrogens with zero attached hydrogens (tertiary/aromatic N) is 2. The van der Waals surface area contributed by atoms with Crippen LogP contribution in [0.25, 0.3) is 0 Å². The molecule has 1 fully saturated rings. The highest BCUT2D eigenvalue weighted by Crippen LogP contribution is 2.30. The first-order chi connectivity index (χ1) is 13.5. The number of thiazole rings is 1. The zero-order chi connectivity index (χ0) is 20.1. The van der Waals surface area contributed by atoms with Crippen LogP contribution in [0.3, 0.4) is 0 Å². The zero-order valence-corrected chi connectivity index (χ0v) is 17.5. The van der Waals surface area contributed by atoms with Crippen molar-refractivity contribution in [3.05, 3.63) is 34.3 Å². The van der Waals surface area contributed by atoms with Crippen LogP contribution in [0, 0.1) is 0 Å². The first kappa shape index (κ1) is 20.8. The normalized spacial score (nSPS) is 16.4. The Kier molecular flexibility index (Phi) is 7.03. The lowest BCUT2D eigenvalue weighted by atomic mass is 10.2. The maximum absolute atomic E-state index is 12.2. The molecule has 0 radical (unpaired) electrons. The molecule has 10 heteroatoms. The SMILES string of the molecule is COc1ccc(Cl)c(OC[C@H]2CCC(=O)N2CCSc2nc(C(=O)O)cs2)c1. The number of methoxy groups -OCH3 is 1. The Balaban J connectivity index is 1.53. The number of halogens is 1.